The molecule has 2 unspecified atom stereocenters. The van der Waals surface area contributed by atoms with E-state index < -0.39 is 0 Å². The lowest BCUT2D eigenvalue weighted by Crippen LogP contribution is -2.39. The van der Waals surface area contributed by atoms with Crippen LogP contribution in [0.2, 0.25) is 5.02 Å². The number of nitrogens with one attached hydrogen (secondary N) is 1. The molecule has 0 spiro atoms. The lowest BCUT2D eigenvalue weighted by molar-refractivity contribution is -0.122. The molecule has 1 aliphatic heterocycles. The molecule has 3 nitrogen and oxygen atoms in total. The Balaban J connectivity index is 1.71. The summed E-state index contributed by atoms with van der Waals surface area (Å²) in [5, 5.41) is 3.90. The van der Waals surface area contributed by atoms with Gasteiger partial charge in [-0.3, -0.25) is 9.78 Å². The maximum Gasteiger partial charge on any atom is 0.232 e. The molecular formula is C24H19ClN2O. The summed E-state index contributed by atoms with van der Waals surface area (Å²) in [4.78, 5) is 17.7. The Kier molecular flexibility index (Phi) is 4.25. The lowest BCUT2D eigenvalue weighted by Gasteiger charge is -2.38. The van der Waals surface area contributed by atoms with Crippen LogP contribution in [0.1, 0.15) is 40.5 Å². The third kappa shape index (κ3) is 2.83. The molecule has 0 bridgehead atoms. The molecule has 0 saturated heterocycles. The van der Waals surface area contributed by atoms with Gasteiger partial charge in [0, 0.05) is 34.6 Å². The van der Waals surface area contributed by atoms with Crippen LogP contribution >= 0.6 is 11.6 Å². The molecule has 2 aliphatic rings. The minimum atomic E-state index is -0.300. The standard InChI is InChI=1S/C24H19ClN2O/c25-18-10-7-16(8-11-18)22-21(17-5-3-13-26-14-17)20-12-9-15-4-1-2-6-19(15)23(20)27-24(22)28/h1-8,10-11,13-14,21-22H,9,12H2,(H,27,28). The number of allylic oxidation sites excluding steroid dienone is 1. The number of amides is 1. The van der Waals surface area contributed by atoms with Gasteiger partial charge in [0.2, 0.25) is 5.91 Å². The fraction of sp³-hybridized carbons (Fsp3) is 0.167. The van der Waals surface area contributed by atoms with E-state index >= 15 is 0 Å². The smallest absolute Gasteiger partial charge is 0.232 e. The van der Waals surface area contributed by atoms with E-state index in [0.717, 1.165) is 35.2 Å². The fourth-order valence-corrected chi connectivity index (χ4v) is 4.66. The van der Waals surface area contributed by atoms with Crippen molar-refractivity contribution in [2.24, 2.45) is 0 Å². The van der Waals surface area contributed by atoms with E-state index in [0.29, 0.717) is 5.02 Å². The predicted molar refractivity (Wildman–Crippen MR) is 111 cm³/mol. The van der Waals surface area contributed by atoms with Gasteiger partial charge in [0.15, 0.2) is 0 Å². The zero-order valence-corrected chi connectivity index (χ0v) is 16.0. The first-order valence-electron chi connectivity index (χ1n) is 9.50. The lowest BCUT2D eigenvalue weighted by atomic mass is 9.70. The molecule has 28 heavy (non-hydrogen) atoms. The summed E-state index contributed by atoms with van der Waals surface area (Å²) in [7, 11) is 0. The molecule has 2 atom stereocenters. The minimum Gasteiger partial charge on any atom is -0.325 e. The number of benzene rings is 2. The average molecular weight is 387 g/mol. The van der Waals surface area contributed by atoms with Crippen LogP contribution < -0.4 is 5.32 Å². The van der Waals surface area contributed by atoms with Crippen molar-refractivity contribution in [2.75, 3.05) is 0 Å². The Morgan fingerprint density at radius 1 is 0.893 bits per heavy atom. The maximum atomic E-state index is 13.3. The van der Waals surface area contributed by atoms with Crippen LogP contribution in [0.4, 0.5) is 0 Å². The van der Waals surface area contributed by atoms with Gasteiger partial charge in [0.05, 0.1) is 5.92 Å². The number of hydrogen-bond acceptors (Lipinski definition) is 2. The molecule has 1 aromatic heterocycles. The van der Waals surface area contributed by atoms with Gasteiger partial charge >= 0.3 is 0 Å². The number of hydrogen-bond donors (Lipinski definition) is 1. The van der Waals surface area contributed by atoms with Crippen molar-refractivity contribution in [1.29, 1.82) is 0 Å². The topological polar surface area (TPSA) is 42.0 Å². The predicted octanol–water partition coefficient (Wildman–Crippen LogP) is 5.09. The van der Waals surface area contributed by atoms with Crippen molar-refractivity contribution in [3.05, 3.63) is 106 Å². The van der Waals surface area contributed by atoms with Crippen LogP contribution in [-0.2, 0) is 11.2 Å². The highest BCUT2D eigenvalue weighted by Crippen LogP contribution is 2.48. The van der Waals surface area contributed by atoms with Crippen molar-refractivity contribution in [2.45, 2.75) is 24.7 Å². The summed E-state index contributed by atoms with van der Waals surface area (Å²) in [6, 6.07) is 20.0. The van der Waals surface area contributed by atoms with Gasteiger partial charge in [-0.05, 0) is 53.3 Å². The zero-order chi connectivity index (χ0) is 19.1. The highest BCUT2D eigenvalue weighted by atomic mass is 35.5. The second-order valence-electron chi connectivity index (χ2n) is 7.34. The monoisotopic (exact) mass is 386 g/mol. The first kappa shape index (κ1) is 17.2. The van der Waals surface area contributed by atoms with Gasteiger partial charge in [-0.15, -0.1) is 0 Å². The van der Waals surface area contributed by atoms with E-state index in [1.165, 1.54) is 11.1 Å². The number of nitrogens with zero attached hydrogens (tertiary/aromatic N) is 1. The van der Waals surface area contributed by atoms with Gasteiger partial charge < -0.3 is 5.32 Å². The SMILES string of the molecule is O=C1NC2=C(CCc3ccccc32)C(c2cccnc2)C1c1ccc(Cl)cc1. The van der Waals surface area contributed by atoms with Gasteiger partial charge in [0.25, 0.3) is 0 Å². The van der Waals surface area contributed by atoms with Crippen LogP contribution in [0.25, 0.3) is 5.70 Å². The van der Waals surface area contributed by atoms with Crippen LogP contribution in [0.5, 0.6) is 0 Å². The number of carbonyl (C=O) groups excluding carboxylic acids is 1. The van der Waals surface area contributed by atoms with E-state index in [2.05, 4.69) is 34.6 Å². The van der Waals surface area contributed by atoms with Crippen molar-refractivity contribution in [3.8, 4) is 0 Å². The second kappa shape index (κ2) is 6.92. The number of aryl methyl sites for hydroxylation is 1. The fourth-order valence-electron chi connectivity index (χ4n) is 4.53. The van der Waals surface area contributed by atoms with Gasteiger partial charge in [-0.2, -0.15) is 0 Å². The van der Waals surface area contributed by atoms with E-state index in [9.17, 15) is 4.79 Å². The molecule has 2 aromatic carbocycles. The molecule has 5 rings (SSSR count). The van der Waals surface area contributed by atoms with Crippen molar-refractivity contribution >= 4 is 23.2 Å². The summed E-state index contributed by atoms with van der Waals surface area (Å²) in [5.41, 5.74) is 6.74. The molecule has 0 radical (unpaired) electrons. The van der Waals surface area contributed by atoms with Crippen LogP contribution in [0.15, 0.2) is 78.6 Å². The van der Waals surface area contributed by atoms with E-state index in [4.69, 9.17) is 11.6 Å². The molecule has 2 heterocycles. The molecular weight excluding hydrogens is 368 g/mol. The molecule has 1 amide bonds. The Morgan fingerprint density at radius 2 is 1.71 bits per heavy atom. The van der Waals surface area contributed by atoms with E-state index in [-0.39, 0.29) is 17.7 Å². The van der Waals surface area contributed by atoms with Crippen LogP contribution in [-0.4, -0.2) is 10.9 Å². The van der Waals surface area contributed by atoms with E-state index in [1.807, 2.05) is 42.6 Å². The number of carbonyl (C=O) groups is 1. The van der Waals surface area contributed by atoms with Crippen LogP contribution in [0.3, 0.4) is 0 Å². The van der Waals surface area contributed by atoms with Crippen molar-refractivity contribution in [1.82, 2.24) is 10.3 Å². The Hall–Kier alpha value is -2.91. The Morgan fingerprint density at radius 3 is 2.50 bits per heavy atom. The van der Waals surface area contributed by atoms with Crippen molar-refractivity contribution < 1.29 is 4.79 Å². The Bertz CT molecular complexity index is 1070. The van der Waals surface area contributed by atoms with Gasteiger partial charge in [-0.25, -0.2) is 0 Å². The first-order chi connectivity index (χ1) is 13.7. The molecule has 0 saturated carbocycles. The third-order valence-corrected chi connectivity index (χ3v) is 6.04. The quantitative estimate of drug-likeness (QED) is 0.666. The van der Waals surface area contributed by atoms with E-state index in [1.54, 1.807) is 6.20 Å². The van der Waals surface area contributed by atoms with Crippen molar-refractivity contribution in [3.63, 3.8) is 0 Å². The Labute approximate surface area is 169 Å². The molecule has 138 valence electrons. The molecule has 4 heteroatoms. The average Bonchev–Trinajstić information content (AvgIpc) is 2.74. The van der Waals surface area contributed by atoms with Gasteiger partial charge in [0.1, 0.15) is 0 Å². The molecule has 3 aromatic rings. The summed E-state index contributed by atoms with van der Waals surface area (Å²) in [5.74, 6) is -0.316. The zero-order valence-electron chi connectivity index (χ0n) is 15.2. The number of pyridine rings is 1. The van der Waals surface area contributed by atoms with Crippen LogP contribution in [0, 0.1) is 0 Å². The number of aromatic nitrogens is 1. The maximum absolute atomic E-state index is 13.3. The highest BCUT2D eigenvalue weighted by molar-refractivity contribution is 6.30. The number of fused-ring (bicyclic) bond motifs is 2. The van der Waals surface area contributed by atoms with Gasteiger partial charge in [-0.1, -0.05) is 54.1 Å². The molecule has 1 aliphatic carbocycles. The summed E-state index contributed by atoms with van der Waals surface area (Å²) >= 11 is 6.09. The molecule has 0 fully saturated rings. The largest absolute Gasteiger partial charge is 0.325 e. The third-order valence-electron chi connectivity index (χ3n) is 5.78. The summed E-state index contributed by atoms with van der Waals surface area (Å²) in [6.07, 6.45) is 5.57. The second-order valence-corrected chi connectivity index (χ2v) is 7.78. The summed E-state index contributed by atoms with van der Waals surface area (Å²) in [6.45, 7) is 0. The first-order valence-corrected chi connectivity index (χ1v) is 9.88. The number of rotatable bonds is 2. The highest BCUT2D eigenvalue weighted by Gasteiger charge is 2.41. The number of halogens is 1. The normalized spacial score (nSPS) is 21.0. The minimum absolute atomic E-state index is 0.0200. The summed E-state index contributed by atoms with van der Waals surface area (Å²) < 4.78 is 0. The molecule has 1 N–H and O–H groups in total.